The summed E-state index contributed by atoms with van der Waals surface area (Å²) in [4.78, 5) is 13.7. The van der Waals surface area contributed by atoms with Crippen LogP contribution in [0.1, 0.15) is 16.7 Å². The van der Waals surface area contributed by atoms with Crippen molar-refractivity contribution in [3.8, 4) is 5.75 Å². The summed E-state index contributed by atoms with van der Waals surface area (Å²) in [5.41, 5.74) is 2.50. The summed E-state index contributed by atoms with van der Waals surface area (Å²) in [6, 6.07) is 14.3. The van der Waals surface area contributed by atoms with Crippen molar-refractivity contribution in [2.24, 2.45) is 0 Å². The minimum Gasteiger partial charge on any atom is -0.491 e. The summed E-state index contributed by atoms with van der Waals surface area (Å²) in [7, 11) is 1.68. The van der Waals surface area contributed by atoms with Crippen molar-refractivity contribution >= 4 is 6.03 Å². The van der Waals surface area contributed by atoms with Crippen molar-refractivity contribution in [3.63, 3.8) is 0 Å². The zero-order valence-electron chi connectivity index (χ0n) is 16.5. The van der Waals surface area contributed by atoms with E-state index in [0.717, 1.165) is 16.9 Å². The SMILES string of the molecule is Cc1ccccc1OCCN(C)C(=O)NCc1ccc(COCC(F)(F)F)cc1. The Balaban J connectivity index is 1.69. The van der Waals surface area contributed by atoms with Crippen LogP contribution in [0.25, 0.3) is 0 Å². The van der Waals surface area contributed by atoms with E-state index in [1.807, 2.05) is 31.2 Å². The highest BCUT2D eigenvalue weighted by molar-refractivity contribution is 5.73. The van der Waals surface area contributed by atoms with Gasteiger partial charge in [0, 0.05) is 13.6 Å². The number of nitrogens with zero attached hydrogens (tertiary/aromatic N) is 1. The van der Waals surface area contributed by atoms with E-state index in [4.69, 9.17) is 4.74 Å². The Bertz CT molecular complexity index is 779. The summed E-state index contributed by atoms with van der Waals surface area (Å²) >= 11 is 0. The summed E-state index contributed by atoms with van der Waals surface area (Å²) in [6.07, 6.45) is -4.33. The van der Waals surface area contributed by atoms with Crippen molar-refractivity contribution in [1.82, 2.24) is 10.2 Å². The third-order valence-electron chi connectivity index (χ3n) is 4.13. The highest BCUT2D eigenvalue weighted by Gasteiger charge is 2.27. The standard InChI is InChI=1S/C21H25F3N2O3/c1-16-5-3-4-6-19(16)29-12-11-26(2)20(27)25-13-17-7-9-18(10-8-17)14-28-15-21(22,23)24/h3-10H,11-15H2,1-2H3,(H,25,27). The maximum Gasteiger partial charge on any atom is 0.411 e. The molecule has 0 aliphatic carbocycles. The van der Waals surface area contributed by atoms with Crippen LogP contribution in [0.3, 0.4) is 0 Å². The fourth-order valence-electron chi connectivity index (χ4n) is 2.46. The van der Waals surface area contributed by atoms with Gasteiger partial charge in [-0.05, 0) is 29.7 Å². The van der Waals surface area contributed by atoms with Gasteiger partial charge in [0.15, 0.2) is 0 Å². The Morgan fingerprint density at radius 2 is 1.72 bits per heavy atom. The molecule has 0 saturated heterocycles. The number of amides is 2. The highest BCUT2D eigenvalue weighted by atomic mass is 19.4. The number of hydrogen-bond acceptors (Lipinski definition) is 3. The Hall–Kier alpha value is -2.74. The summed E-state index contributed by atoms with van der Waals surface area (Å²) in [5.74, 6) is 0.792. The van der Waals surface area contributed by atoms with Crippen molar-refractivity contribution in [1.29, 1.82) is 0 Å². The molecular weight excluding hydrogens is 385 g/mol. The fourth-order valence-corrected chi connectivity index (χ4v) is 2.46. The van der Waals surface area contributed by atoms with Gasteiger partial charge in [-0.15, -0.1) is 0 Å². The predicted molar refractivity (Wildman–Crippen MR) is 104 cm³/mol. The maximum absolute atomic E-state index is 12.2. The lowest BCUT2D eigenvalue weighted by atomic mass is 10.1. The molecule has 29 heavy (non-hydrogen) atoms. The number of urea groups is 1. The van der Waals surface area contributed by atoms with E-state index in [1.165, 1.54) is 4.90 Å². The summed E-state index contributed by atoms with van der Waals surface area (Å²) < 4.78 is 46.5. The van der Waals surface area contributed by atoms with Crippen LogP contribution < -0.4 is 10.1 Å². The van der Waals surface area contributed by atoms with E-state index >= 15 is 0 Å². The molecule has 0 saturated carbocycles. The minimum atomic E-state index is -4.33. The maximum atomic E-state index is 12.2. The first-order chi connectivity index (χ1) is 13.7. The van der Waals surface area contributed by atoms with E-state index in [2.05, 4.69) is 10.1 Å². The smallest absolute Gasteiger partial charge is 0.411 e. The monoisotopic (exact) mass is 410 g/mol. The molecule has 0 atom stereocenters. The van der Waals surface area contributed by atoms with E-state index in [1.54, 1.807) is 31.3 Å². The highest BCUT2D eigenvalue weighted by Crippen LogP contribution is 2.16. The van der Waals surface area contributed by atoms with Crippen LogP contribution in [-0.2, 0) is 17.9 Å². The molecular formula is C21H25F3N2O3. The predicted octanol–water partition coefficient (Wildman–Crippen LogP) is 4.29. The molecule has 0 fully saturated rings. The van der Waals surface area contributed by atoms with Gasteiger partial charge in [0.05, 0.1) is 13.2 Å². The second kappa shape index (κ2) is 10.7. The van der Waals surface area contributed by atoms with Crippen LogP contribution in [0, 0.1) is 6.92 Å². The zero-order valence-corrected chi connectivity index (χ0v) is 16.5. The Kier molecular flexibility index (Phi) is 8.33. The van der Waals surface area contributed by atoms with Crippen LogP contribution in [-0.4, -0.2) is 43.9 Å². The first-order valence-corrected chi connectivity index (χ1v) is 9.14. The Labute approximate surface area is 168 Å². The number of alkyl halides is 3. The van der Waals surface area contributed by atoms with E-state index in [9.17, 15) is 18.0 Å². The molecule has 0 aliphatic heterocycles. The van der Waals surface area contributed by atoms with Gasteiger partial charge in [0.1, 0.15) is 19.0 Å². The van der Waals surface area contributed by atoms with Gasteiger partial charge >= 0.3 is 12.2 Å². The van der Waals surface area contributed by atoms with Crippen molar-refractivity contribution < 1.29 is 27.4 Å². The van der Waals surface area contributed by atoms with Gasteiger partial charge in [-0.25, -0.2) is 4.79 Å². The minimum absolute atomic E-state index is 0.115. The molecule has 0 unspecified atom stereocenters. The number of carbonyl (C=O) groups excluding carboxylic acids is 1. The molecule has 0 aromatic heterocycles. The van der Waals surface area contributed by atoms with E-state index in [-0.39, 0.29) is 12.6 Å². The molecule has 0 radical (unpaired) electrons. The average molecular weight is 410 g/mol. The number of ether oxygens (including phenoxy) is 2. The fraction of sp³-hybridized carbons (Fsp3) is 0.381. The van der Waals surface area contributed by atoms with Crippen LogP contribution >= 0.6 is 0 Å². The number of nitrogens with one attached hydrogen (secondary N) is 1. The molecule has 2 rings (SSSR count). The first-order valence-electron chi connectivity index (χ1n) is 9.14. The number of carbonyl (C=O) groups is 1. The summed E-state index contributed by atoms with van der Waals surface area (Å²) in [5, 5.41) is 2.79. The lowest BCUT2D eigenvalue weighted by Crippen LogP contribution is -2.39. The molecule has 0 spiro atoms. The second-order valence-electron chi connectivity index (χ2n) is 6.62. The molecule has 158 valence electrons. The zero-order chi connectivity index (χ0) is 21.3. The van der Waals surface area contributed by atoms with Crippen molar-refractivity contribution in [2.75, 3.05) is 26.8 Å². The number of halogens is 3. The largest absolute Gasteiger partial charge is 0.491 e. The number of aryl methyl sites for hydroxylation is 1. The van der Waals surface area contributed by atoms with Crippen LogP contribution in [0.15, 0.2) is 48.5 Å². The lowest BCUT2D eigenvalue weighted by Gasteiger charge is -2.18. The third kappa shape index (κ3) is 8.43. The van der Waals surface area contributed by atoms with Gasteiger partial charge < -0.3 is 19.7 Å². The molecule has 0 heterocycles. The van der Waals surface area contributed by atoms with Gasteiger partial charge in [-0.2, -0.15) is 13.2 Å². The number of likely N-dealkylation sites (N-methyl/N-ethyl adjacent to an activating group) is 1. The molecule has 0 bridgehead atoms. The van der Waals surface area contributed by atoms with Crippen molar-refractivity contribution in [3.05, 3.63) is 65.2 Å². The lowest BCUT2D eigenvalue weighted by molar-refractivity contribution is -0.176. The molecule has 2 aromatic rings. The van der Waals surface area contributed by atoms with Gasteiger partial charge in [-0.1, -0.05) is 42.5 Å². The second-order valence-corrected chi connectivity index (χ2v) is 6.62. The van der Waals surface area contributed by atoms with Crippen LogP contribution in [0.4, 0.5) is 18.0 Å². The normalized spacial score (nSPS) is 11.2. The Morgan fingerprint density at radius 3 is 2.38 bits per heavy atom. The first kappa shape index (κ1) is 22.5. The summed E-state index contributed by atoms with van der Waals surface area (Å²) in [6.45, 7) is 1.68. The van der Waals surface area contributed by atoms with Gasteiger partial charge in [0.25, 0.3) is 0 Å². The number of benzene rings is 2. The third-order valence-corrected chi connectivity index (χ3v) is 4.13. The molecule has 1 N–H and O–H groups in total. The quantitative estimate of drug-likeness (QED) is 0.671. The molecule has 2 amide bonds. The Morgan fingerprint density at radius 1 is 1.07 bits per heavy atom. The van der Waals surface area contributed by atoms with Crippen molar-refractivity contribution in [2.45, 2.75) is 26.3 Å². The number of para-hydroxylation sites is 1. The van der Waals surface area contributed by atoms with E-state index < -0.39 is 12.8 Å². The average Bonchev–Trinajstić information content (AvgIpc) is 2.67. The van der Waals surface area contributed by atoms with Crippen LogP contribution in [0.2, 0.25) is 0 Å². The van der Waals surface area contributed by atoms with Crippen LogP contribution in [0.5, 0.6) is 5.75 Å². The van der Waals surface area contributed by atoms with E-state index in [0.29, 0.717) is 25.3 Å². The van der Waals surface area contributed by atoms with Gasteiger partial charge in [-0.3, -0.25) is 0 Å². The number of rotatable bonds is 9. The topological polar surface area (TPSA) is 50.8 Å². The molecule has 2 aromatic carbocycles. The molecule has 5 nitrogen and oxygen atoms in total. The molecule has 0 aliphatic rings. The number of hydrogen-bond donors (Lipinski definition) is 1. The van der Waals surface area contributed by atoms with Gasteiger partial charge in [0.2, 0.25) is 0 Å². The molecule has 8 heteroatoms.